The van der Waals surface area contributed by atoms with Crippen LogP contribution in [0, 0.1) is 0 Å². The van der Waals surface area contributed by atoms with Crippen LogP contribution in [0.5, 0.6) is 0 Å². The fraction of sp³-hybridized carbons (Fsp3) is 0.833. The molecule has 0 amide bonds. The first kappa shape index (κ1) is 19.0. The Bertz CT molecular complexity index is 114. The van der Waals surface area contributed by atoms with Crippen LogP contribution >= 0.6 is 0 Å². The normalized spacial score (nSPS) is 10.8. The van der Waals surface area contributed by atoms with Gasteiger partial charge < -0.3 is 16.6 Å². The minimum absolute atomic E-state index is 0. The van der Waals surface area contributed by atoms with Gasteiger partial charge in [-0.3, -0.25) is 4.79 Å². The molecule has 0 aliphatic heterocycles. The monoisotopic (exact) mass is 194 g/mol. The van der Waals surface area contributed by atoms with Crippen molar-refractivity contribution in [1.29, 1.82) is 0 Å². The Kier molecular flexibility index (Phi) is 19.7. The first-order chi connectivity index (χ1) is 4.68. The summed E-state index contributed by atoms with van der Waals surface area (Å²) >= 11 is 0. The van der Waals surface area contributed by atoms with Gasteiger partial charge in [0.1, 0.15) is 6.04 Å². The number of nitrogens with two attached hydrogens (primary N) is 2. The molecule has 12 heavy (non-hydrogen) atoms. The maximum atomic E-state index is 10.1. The van der Waals surface area contributed by atoms with Crippen molar-refractivity contribution in [3.05, 3.63) is 0 Å². The zero-order valence-corrected chi connectivity index (χ0v) is 5.92. The van der Waals surface area contributed by atoms with Crippen molar-refractivity contribution in [3.8, 4) is 0 Å². The molecule has 1 unspecified atom stereocenters. The van der Waals surface area contributed by atoms with Gasteiger partial charge in [0.25, 0.3) is 0 Å². The third-order valence-corrected chi connectivity index (χ3v) is 1.29. The van der Waals surface area contributed by atoms with Crippen LogP contribution < -0.4 is 11.5 Å². The second-order valence-electron chi connectivity index (χ2n) is 2.23. The van der Waals surface area contributed by atoms with Crippen LogP contribution in [0.2, 0.25) is 0 Å². The number of rotatable bonds is 5. The molecule has 0 radical (unpaired) electrons. The van der Waals surface area contributed by atoms with Gasteiger partial charge in [-0.25, -0.2) is 0 Å². The van der Waals surface area contributed by atoms with E-state index in [0.717, 1.165) is 12.8 Å². The van der Waals surface area contributed by atoms with E-state index in [2.05, 4.69) is 0 Å². The van der Waals surface area contributed by atoms with Gasteiger partial charge in [-0.1, -0.05) is 6.42 Å². The average molecular weight is 194 g/mol. The van der Waals surface area contributed by atoms with Crippen LogP contribution in [0.25, 0.3) is 0 Å². The van der Waals surface area contributed by atoms with Crippen molar-refractivity contribution in [2.45, 2.75) is 25.3 Å². The molecule has 0 aliphatic rings. The molecule has 64 valence electrons. The van der Waals surface area contributed by atoms with Crippen LogP contribution in [0.1, 0.15) is 19.3 Å². The fourth-order valence-electron chi connectivity index (χ4n) is 0.632. The molecule has 0 saturated carbocycles. The molecule has 0 rings (SSSR count). The van der Waals surface area contributed by atoms with Crippen molar-refractivity contribution in [2.75, 3.05) is 6.54 Å². The standard InChI is InChI=1S/C6H14N2O2.2Na.2H/c7-4-2-1-3-5(8)6(9)10;;;;/h5H,1-4,7-8H2,(H,9,10);;;;. The third kappa shape index (κ3) is 11.4. The van der Waals surface area contributed by atoms with E-state index >= 15 is 0 Å². The third-order valence-electron chi connectivity index (χ3n) is 1.29. The van der Waals surface area contributed by atoms with Crippen molar-refractivity contribution in [2.24, 2.45) is 11.5 Å². The number of aliphatic carboxylic acids is 1. The predicted octanol–water partition coefficient (Wildman–Crippen LogP) is -1.77. The summed E-state index contributed by atoms with van der Waals surface area (Å²) in [5, 5.41) is 8.33. The van der Waals surface area contributed by atoms with Crippen molar-refractivity contribution < 1.29 is 9.90 Å². The molecular weight excluding hydrogens is 178 g/mol. The molecule has 0 aromatic heterocycles. The molecule has 4 nitrogen and oxygen atoms in total. The number of unbranched alkanes of at least 4 members (excludes halogenated alkanes) is 1. The summed E-state index contributed by atoms with van der Waals surface area (Å²) in [6, 6.07) is -0.716. The molecule has 0 fully saturated rings. The van der Waals surface area contributed by atoms with Crippen LogP contribution in [-0.2, 0) is 4.79 Å². The van der Waals surface area contributed by atoms with Gasteiger partial charge in [0.2, 0.25) is 0 Å². The summed E-state index contributed by atoms with van der Waals surface area (Å²) in [5.41, 5.74) is 10.4. The van der Waals surface area contributed by atoms with E-state index in [1.54, 1.807) is 0 Å². The van der Waals surface area contributed by atoms with Gasteiger partial charge in [0, 0.05) is 0 Å². The van der Waals surface area contributed by atoms with E-state index in [4.69, 9.17) is 16.6 Å². The Morgan fingerprint density at radius 3 is 2.17 bits per heavy atom. The summed E-state index contributed by atoms with van der Waals surface area (Å²) in [7, 11) is 0. The molecule has 0 bridgehead atoms. The van der Waals surface area contributed by atoms with E-state index in [0.29, 0.717) is 13.0 Å². The SMILES string of the molecule is NCCCCC(N)C(=O)O.[NaH].[NaH]. The van der Waals surface area contributed by atoms with E-state index in [1.165, 1.54) is 0 Å². The number of carboxylic acid groups (broad SMARTS) is 1. The molecule has 0 heterocycles. The quantitative estimate of drug-likeness (QED) is 0.357. The first-order valence-electron chi connectivity index (χ1n) is 3.37. The van der Waals surface area contributed by atoms with Gasteiger partial charge in [-0.2, -0.15) is 0 Å². The van der Waals surface area contributed by atoms with E-state index in [9.17, 15) is 4.79 Å². The van der Waals surface area contributed by atoms with E-state index in [-0.39, 0.29) is 59.1 Å². The molecule has 0 aliphatic carbocycles. The average Bonchev–Trinajstić information content (AvgIpc) is 1.88. The van der Waals surface area contributed by atoms with Crippen LogP contribution in [0.4, 0.5) is 0 Å². The van der Waals surface area contributed by atoms with Crippen molar-refractivity contribution in [3.63, 3.8) is 0 Å². The molecule has 0 aromatic rings. The zero-order chi connectivity index (χ0) is 7.98. The van der Waals surface area contributed by atoms with Gasteiger partial charge in [-0.05, 0) is 19.4 Å². The van der Waals surface area contributed by atoms with Crippen molar-refractivity contribution in [1.82, 2.24) is 0 Å². The van der Waals surface area contributed by atoms with Gasteiger partial charge >= 0.3 is 65.1 Å². The van der Waals surface area contributed by atoms with Gasteiger partial charge in [0.15, 0.2) is 0 Å². The fourth-order valence-corrected chi connectivity index (χ4v) is 0.632. The first-order valence-corrected chi connectivity index (χ1v) is 3.37. The van der Waals surface area contributed by atoms with E-state index < -0.39 is 12.0 Å². The number of hydrogen-bond acceptors (Lipinski definition) is 3. The Hall–Kier alpha value is 1.39. The minimum atomic E-state index is -0.933. The second-order valence-corrected chi connectivity index (χ2v) is 2.23. The Labute approximate surface area is 117 Å². The molecular formula is C6H16N2Na2O2. The molecule has 5 N–H and O–H groups in total. The van der Waals surface area contributed by atoms with Crippen LogP contribution in [-0.4, -0.2) is 82.8 Å². The van der Waals surface area contributed by atoms with Crippen LogP contribution in [0.15, 0.2) is 0 Å². The number of hydrogen-bond donors (Lipinski definition) is 3. The topological polar surface area (TPSA) is 89.3 Å². The van der Waals surface area contributed by atoms with Gasteiger partial charge in [-0.15, -0.1) is 0 Å². The Balaban J connectivity index is -0.000000405. The summed E-state index contributed by atoms with van der Waals surface area (Å²) in [5.74, 6) is -0.933. The summed E-state index contributed by atoms with van der Waals surface area (Å²) < 4.78 is 0. The summed E-state index contributed by atoms with van der Waals surface area (Å²) in [6.07, 6.45) is 2.16. The van der Waals surface area contributed by atoms with Crippen molar-refractivity contribution >= 4 is 65.1 Å². The van der Waals surface area contributed by atoms with Gasteiger partial charge in [0.05, 0.1) is 0 Å². The molecule has 0 saturated heterocycles. The number of carbonyl (C=O) groups is 1. The second kappa shape index (κ2) is 12.4. The molecule has 1 atom stereocenters. The number of carboxylic acids is 1. The predicted molar refractivity (Wildman–Crippen MR) is 52.8 cm³/mol. The molecule has 0 spiro atoms. The Morgan fingerprint density at radius 2 is 1.83 bits per heavy atom. The van der Waals surface area contributed by atoms with Crippen LogP contribution in [0.3, 0.4) is 0 Å². The summed E-state index contributed by atoms with van der Waals surface area (Å²) in [4.78, 5) is 10.1. The molecule has 6 heteroatoms. The van der Waals surface area contributed by atoms with E-state index in [1.807, 2.05) is 0 Å². The molecule has 0 aromatic carbocycles. The Morgan fingerprint density at radius 1 is 1.33 bits per heavy atom. The maximum absolute atomic E-state index is 10.1. The summed E-state index contributed by atoms with van der Waals surface area (Å²) in [6.45, 7) is 0.604. The zero-order valence-electron chi connectivity index (χ0n) is 5.92.